The summed E-state index contributed by atoms with van der Waals surface area (Å²) in [5, 5.41) is 2.51. The number of likely N-dealkylation sites (N-methyl/N-ethyl adjacent to an activating group) is 1. The van der Waals surface area contributed by atoms with Crippen LogP contribution in [0.3, 0.4) is 0 Å². The summed E-state index contributed by atoms with van der Waals surface area (Å²) in [6.45, 7) is -0.0867. The molecule has 23 heavy (non-hydrogen) atoms. The molecule has 0 saturated heterocycles. The van der Waals surface area contributed by atoms with Gasteiger partial charge in [0.05, 0.1) is 6.54 Å². The molecule has 0 radical (unpaired) electrons. The number of nitrogen functional groups attached to an aromatic ring is 1. The molecule has 2 amide bonds. The van der Waals surface area contributed by atoms with E-state index in [1.165, 1.54) is 17.2 Å². The third kappa shape index (κ3) is 4.70. The third-order valence-electron chi connectivity index (χ3n) is 2.98. The SMILES string of the molecule is CN(C)C(=O)CNC(=O)c1cc(Oc2ccc(N)cc2)ccn1. The fraction of sp³-hybridized carbons (Fsp3) is 0.188. The minimum absolute atomic E-state index is 0.0867. The summed E-state index contributed by atoms with van der Waals surface area (Å²) in [5.41, 5.74) is 6.42. The maximum absolute atomic E-state index is 12.0. The van der Waals surface area contributed by atoms with Gasteiger partial charge in [-0.2, -0.15) is 0 Å². The number of nitrogens with one attached hydrogen (secondary N) is 1. The number of anilines is 1. The fourth-order valence-electron chi connectivity index (χ4n) is 1.68. The highest BCUT2D eigenvalue weighted by Gasteiger charge is 2.11. The second-order valence-corrected chi connectivity index (χ2v) is 5.02. The van der Waals surface area contributed by atoms with E-state index in [0.29, 0.717) is 17.2 Å². The van der Waals surface area contributed by atoms with Gasteiger partial charge in [0.1, 0.15) is 17.2 Å². The van der Waals surface area contributed by atoms with Crippen LogP contribution < -0.4 is 15.8 Å². The molecular weight excluding hydrogens is 296 g/mol. The Morgan fingerprint density at radius 3 is 2.52 bits per heavy atom. The molecular formula is C16H18N4O3. The van der Waals surface area contributed by atoms with Crippen molar-refractivity contribution in [2.24, 2.45) is 0 Å². The van der Waals surface area contributed by atoms with Crippen molar-refractivity contribution in [2.75, 3.05) is 26.4 Å². The molecule has 1 aromatic heterocycles. The van der Waals surface area contributed by atoms with Gasteiger partial charge in [0, 0.05) is 32.0 Å². The fourth-order valence-corrected chi connectivity index (χ4v) is 1.68. The van der Waals surface area contributed by atoms with E-state index in [9.17, 15) is 9.59 Å². The van der Waals surface area contributed by atoms with Crippen molar-refractivity contribution in [1.29, 1.82) is 0 Å². The van der Waals surface area contributed by atoms with Crippen molar-refractivity contribution in [2.45, 2.75) is 0 Å². The molecule has 0 aliphatic heterocycles. The Kier molecular flexibility index (Phi) is 5.14. The number of hydrogen-bond donors (Lipinski definition) is 2. The van der Waals surface area contributed by atoms with Crippen LogP contribution in [0.2, 0.25) is 0 Å². The molecule has 0 unspecified atom stereocenters. The van der Waals surface area contributed by atoms with Gasteiger partial charge >= 0.3 is 0 Å². The van der Waals surface area contributed by atoms with E-state index in [-0.39, 0.29) is 18.1 Å². The number of ether oxygens (including phenoxy) is 1. The molecule has 0 spiro atoms. The Morgan fingerprint density at radius 1 is 1.17 bits per heavy atom. The molecule has 1 aromatic carbocycles. The van der Waals surface area contributed by atoms with Crippen molar-refractivity contribution in [3.05, 3.63) is 48.3 Å². The molecule has 0 aliphatic rings. The Hall–Kier alpha value is -3.09. The summed E-state index contributed by atoms with van der Waals surface area (Å²) in [7, 11) is 3.24. The minimum atomic E-state index is -0.442. The smallest absolute Gasteiger partial charge is 0.270 e. The van der Waals surface area contributed by atoms with Gasteiger partial charge in [-0.15, -0.1) is 0 Å². The van der Waals surface area contributed by atoms with Gasteiger partial charge in [-0.25, -0.2) is 0 Å². The third-order valence-corrected chi connectivity index (χ3v) is 2.98. The standard InChI is InChI=1S/C16H18N4O3/c1-20(2)15(21)10-19-16(22)14-9-13(7-8-18-14)23-12-5-3-11(17)4-6-12/h3-9H,10,17H2,1-2H3,(H,19,22). The molecule has 3 N–H and O–H groups in total. The highest BCUT2D eigenvalue weighted by molar-refractivity contribution is 5.95. The van der Waals surface area contributed by atoms with Crippen molar-refractivity contribution < 1.29 is 14.3 Å². The van der Waals surface area contributed by atoms with Crippen LogP contribution in [0.15, 0.2) is 42.6 Å². The first-order valence-electron chi connectivity index (χ1n) is 6.93. The Bertz CT molecular complexity index is 699. The number of rotatable bonds is 5. The number of carbonyl (C=O) groups excluding carboxylic acids is 2. The summed E-state index contributed by atoms with van der Waals surface area (Å²) >= 11 is 0. The van der Waals surface area contributed by atoms with E-state index in [0.717, 1.165) is 0 Å². The lowest BCUT2D eigenvalue weighted by Gasteiger charge is -2.11. The topological polar surface area (TPSA) is 97.5 Å². The maximum atomic E-state index is 12.0. The predicted molar refractivity (Wildman–Crippen MR) is 86.2 cm³/mol. The van der Waals surface area contributed by atoms with Crippen molar-refractivity contribution >= 4 is 17.5 Å². The van der Waals surface area contributed by atoms with Crippen LogP contribution >= 0.6 is 0 Å². The molecule has 0 aliphatic carbocycles. The number of benzene rings is 1. The number of hydrogen-bond acceptors (Lipinski definition) is 5. The Morgan fingerprint density at radius 2 is 1.87 bits per heavy atom. The Labute approximate surface area is 134 Å². The highest BCUT2D eigenvalue weighted by atomic mass is 16.5. The second kappa shape index (κ2) is 7.26. The molecule has 2 rings (SSSR count). The van der Waals surface area contributed by atoms with Crippen LogP contribution in [-0.4, -0.2) is 42.3 Å². The van der Waals surface area contributed by atoms with Gasteiger partial charge in [-0.3, -0.25) is 14.6 Å². The van der Waals surface area contributed by atoms with Crippen LogP contribution in [-0.2, 0) is 4.79 Å². The zero-order chi connectivity index (χ0) is 16.8. The quantitative estimate of drug-likeness (QED) is 0.810. The van der Waals surface area contributed by atoms with Crippen LogP contribution in [0.4, 0.5) is 5.69 Å². The molecule has 0 atom stereocenters. The van der Waals surface area contributed by atoms with Crippen LogP contribution in [0.25, 0.3) is 0 Å². The minimum Gasteiger partial charge on any atom is -0.457 e. The van der Waals surface area contributed by atoms with Gasteiger partial charge < -0.3 is 20.7 Å². The van der Waals surface area contributed by atoms with Crippen molar-refractivity contribution in [3.8, 4) is 11.5 Å². The van der Waals surface area contributed by atoms with E-state index in [1.807, 2.05) is 0 Å². The molecule has 0 saturated carbocycles. The largest absolute Gasteiger partial charge is 0.457 e. The zero-order valence-corrected chi connectivity index (χ0v) is 12.9. The van der Waals surface area contributed by atoms with E-state index in [4.69, 9.17) is 10.5 Å². The molecule has 1 heterocycles. The van der Waals surface area contributed by atoms with Crippen molar-refractivity contribution in [3.63, 3.8) is 0 Å². The maximum Gasteiger partial charge on any atom is 0.270 e. The summed E-state index contributed by atoms with van der Waals surface area (Å²) < 4.78 is 5.64. The number of carbonyl (C=O) groups is 2. The molecule has 0 bridgehead atoms. The average molecular weight is 314 g/mol. The number of pyridine rings is 1. The van der Waals surface area contributed by atoms with E-state index >= 15 is 0 Å². The van der Waals surface area contributed by atoms with Crippen LogP contribution in [0.1, 0.15) is 10.5 Å². The van der Waals surface area contributed by atoms with Gasteiger partial charge in [-0.1, -0.05) is 0 Å². The normalized spacial score (nSPS) is 10.0. The summed E-state index contributed by atoms with van der Waals surface area (Å²) in [5.74, 6) is 0.420. The summed E-state index contributed by atoms with van der Waals surface area (Å²) in [4.78, 5) is 28.9. The van der Waals surface area contributed by atoms with Gasteiger partial charge in [0.25, 0.3) is 5.91 Å². The lowest BCUT2D eigenvalue weighted by molar-refractivity contribution is -0.127. The lowest BCUT2D eigenvalue weighted by Crippen LogP contribution is -2.36. The van der Waals surface area contributed by atoms with Crippen LogP contribution in [0, 0.1) is 0 Å². The molecule has 7 nitrogen and oxygen atoms in total. The number of aromatic nitrogens is 1. The predicted octanol–water partition coefficient (Wildman–Crippen LogP) is 1.27. The first-order chi connectivity index (χ1) is 11.0. The van der Waals surface area contributed by atoms with Crippen molar-refractivity contribution in [1.82, 2.24) is 15.2 Å². The first kappa shape index (κ1) is 16.3. The van der Waals surface area contributed by atoms with E-state index in [1.54, 1.807) is 44.4 Å². The van der Waals surface area contributed by atoms with Gasteiger partial charge in [0.2, 0.25) is 5.91 Å². The first-order valence-corrected chi connectivity index (χ1v) is 6.93. The molecule has 0 fully saturated rings. The zero-order valence-electron chi connectivity index (χ0n) is 12.9. The number of nitrogens with two attached hydrogens (primary N) is 1. The molecule has 7 heteroatoms. The van der Waals surface area contributed by atoms with E-state index < -0.39 is 5.91 Å². The lowest BCUT2D eigenvalue weighted by atomic mass is 10.3. The summed E-state index contributed by atoms with van der Waals surface area (Å²) in [6, 6.07) is 10.0. The molecule has 2 aromatic rings. The van der Waals surface area contributed by atoms with Crippen LogP contribution in [0.5, 0.6) is 11.5 Å². The average Bonchev–Trinajstić information content (AvgIpc) is 2.54. The number of amides is 2. The van der Waals surface area contributed by atoms with Gasteiger partial charge in [-0.05, 0) is 30.3 Å². The Balaban J connectivity index is 2.02. The summed E-state index contributed by atoms with van der Waals surface area (Å²) in [6.07, 6.45) is 1.47. The monoisotopic (exact) mass is 314 g/mol. The highest BCUT2D eigenvalue weighted by Crippen LogP contribution is 2.22. The second-order valence-electron chi connectivity index (χ2n) is 5.02. The number of nitrogens with zero attached hydrogens (tertiary/aromatic N) is 2. The van der Waals surface area contributed by atoms with E-state index in [2.05, 4.69) is 10.3 Å². The molecule has 120 valence electrons. The van der Waals surface area contributed by atoms with Gasteiger partial charge in [0.15, 0.2) is 0 Å².